The first-order chi connectivity index (χ1) is 11.4. The Morgan fingerprint density at radius 2 is 2.00 bits per heavy atom. The third-order valence-electron chi connectivity index (χ3n) is 4.75. The van der Waals surface area contributed by atoms with Crippen LogP contribution in [0.3, 0.4) is 0 Å². The zero-order valence-electron chi connectivity index (χ0n) is 14.2. The van der Waals surface area contributed by atoms with E-state index in [1.807, 2.05) is 6.92 Å². The van der Waals surface area contributed by atoms with Gasteiger partial charge in [-0.3, -0.25) is 9.59 Å². The molecule has 1 saturated carbocycles. The lowest BCUT2D eigenvalue weighted by Gasteiger charge is -2.40. The van der Waals surface area contributed by atoms with Crippen LogP contribution in [0.1, 0.15) is 38.2 Å². The van der Waals surface area contributed by atoms with Crippen molar-refractivity contribution in [3.63, 3.8) is 0 Å². The van der Waals surface area contributed by atoms with E-state index in [0.717, 1.165) is 31.2 Å². The summed E-state index contributed by atoms with van der Waals surface area (Å²) in [6.07, 6.45) is 3.62. The maximum atomic E-state index is 12.9. The lowest BCUT2D eigenvalue weighted by molar-refractivity contribution is -0.150. The molecule has 0 unspecified atom stereocenters. The second-order valence-corrected chi connectivity index (χ2v) is 6.50. The zero-order valence-corrected chi connectivity index (χ0v) is 14.2. The summed E-state index contributed by atoms with van der Waals surface area (Å²) in [7, 11) is 1.40. The van der Waals surface area contributed by atoms with E-state index in [4.69, 9.17) is 4.74 Å². The molecule has 1 fully saturated rings. The van der Waals surface area contributed by atoms with E-state index in [2.05, 4.69) is 10.6 Å². The van der Waals surface area contributed by atoms with Crippen LogP contribution in [0.4, 0.5) is 4.39 Å². The Morgan fingerprint density at radius 1 is 1.29 bits per heavy atom. The van der Waals surface area contributed by atoms with Crippen molar-refractivity contribution in [2.24, 2.45) is 5.92 Å². The molecule has 1 aliphatic carbocycles. The molecule has 0 spiro atoms. The summed E-state index contributed by atoms with van der Waals surface area (Å²) in [4.78, 5) is 24.0. The van der Waals surface area contributed by atoms with Crippen molar-refractivity contribution in [3.05, 3.63) is 35.6 Å². The van der Waals surface area contributed by atoms with Crippen LogP contribution in [0.5, 0.6) is 0 Å². The number of carbonyl (C=O) groups is 2. The molecule has 2 rings (SSSR count). The van der Waals surface area contributed by atoms with Gasteiger partial charge in [-0.15, -0.1) is 0 Å². The summed E-state index contributed by atoms with van der Waals surface area (Å²) < 4.78 is 17.7. The van der Waals surface area contributed by atoms with Crippen LogP contribution < -0.4 is 10.6 Å². The first-order valence-electron chi connectivity index (χ1n) is 8.28. The fourth-order valence-electron chi connectivity index (χ4n) is 3.21. The third-order valence-corrected chi connectivity index (χ3v) is 4.75. The summed E-state index contributed by atoms with van der Waals surface area (Å²) in [6, 6.07) is 6.01. The standard InChI is InChI=1S/C18H25FN2O3/c1-18(10-4-3-5-15(18)17(23)24-2)21-12-16(22)20-11-13-6-8-14(19)9-7-13/h6-9,15,21H,3-5,10-12H2,1-2H3,(H,20,22)/t15-,18+/m1/s1. The van der Waals surface area contributed by atoms with E-state index in [9.17, 15) is 14.0 Å². The molecule has 2 N–H and O–H groups in total. The molecule has 6 heteroatoms. The van der Waals surface area contributed by atoms with Crippen molar-refractivity contribution in [3.8, 4) is 0 Å². The van der Waals surface area contributed by atoms with Crippen LogP contribution >= 0.6 is 0 Å². The molecule has 0 heterocycles. The van der Waals surface area contributed by atoms with Crippen molar-refractivity contribution < 1.29 is 18.7 Å². The molecule has 0 aliphatic heterocycles. The van der Waals surface area contributed by atoms with Crippen LogP contribution in [-0.2, 0) is 20.9 Å². The summed E-state index contributed by atoms with van der Waals surface area (Å²) in [5, 5.41) is 6.03. The van der Waals surface area contributed by atoms with Crippen LogP contribution in [-0.4, -0.2) is 31.1 Å². The highest BCUT2D eigenvalue weighted by atomic mass is 19.1. The molecule has 1 amide bonds. The zero-order chi connectivity index (χ0) is 17.6. The Labute approximate surface area is 142 Å². The molecular formula is C18H25FN2O3. The summed E-state index contributed by atoms with van der Waals surface area (Å²) >= 11 is 0. The minimum Gasteiger partial charge on any atom is -0.469 e. The van der Waals surface area contributed by atoms with Gasteiger partial charge in [0.05, 0.1) is 19.6 Å². The van der Waals surface area contributed by atoms with Gasteiger partial charge >= 0.3 is 5.97 Å². The molecule has 0 radical (unpaired) electrons. The number of hydrogen-bond donors (Lipinski definition) is 2. The first kappa shape index (κ1) is 18.4. The Bertz CT molecular complexity index is 576. The minimum atomic E-state index is -0.432. The lowest BCUT2D eigenvalue weighted by Crippen LogP contribution is -2.55. The Kier molecular flexibility index (Phi) is 6.31. The molecule has 5 nitrogen and oxygen atoms in total. The number of rotatable bonds is 6. The summed E-state index contributed by atoms with van der Waals surface area (Å²) in [5.41, 5.74) is 0.402. The molecular weight excluding hydrogens is 311 g/mol. The van der Waals surface area contributed by atoms with Crippen molar-refractivity contribution in [2.75, 3.05) is 13.7 Å². The first-order valence-corrected chi connectivity index (χ1v) is 8.28. The smallest absolute Gasteiger partial charge is 0.310 e. The van der Waals surface area contributed by atoms with Gasteiger partial charge in [0.2, 0.25) is 5.91 Å². The quantitative estimate of drug-likeness (QED) is 0.781. The van der Waals surface area contributed by atoms with Crippen LogP contribution in [0.2, 0.25) is 0 Å². The minimum absolute atomic E-state index is 0.130. The van der Waals surface area contributed by atoms with Crippen LogP contribution in [0.25, 0.3) is 0 Å². The van der Waals surface area contributed by atoms with E-state index in [0.29, 0.717) is 6.54 Å². The highest BCUT2D eigenvalue weighted by Gasteiger charge is 2.41. The van der Waals surface area contributed by atoms with Gasteiger partial charge in [-0.25, -0.2) is 4.39 Å². The maximum absolute atomic E-state index is 12.9. The maximum Gasteiger partial charge on any atom is 0.310 e. The van der Waals surface area contributed by atoms with E-state index in [1.165, 1.54) is 19.2 Å². The Balaban J connectivity index is 1.84. The fourth-order valence-corrected chi connectivity index (χ4v) is 3.21. The van der Waals surface area contributed by atoms with E-state index < -0.39 is 5.54 Å². The van der Waals surface area contributed by atoms with Crippen molar-refractivity contribution in [1.82, 2.24) is 10.6 Å². The highest BCUT2D eigenvalue weighted by molar-refractivity contribution is 5.78. The van der Waals surface area contributed by atoms with Crippen molar-refractivity contribution >= 4 is 11.9 Å². The topological polar surface area (TPSA) is 67.4 Å². The van der Waals surface area contributed by atoms with Gasteiger partial charge in [0, 0.05) is 12.1 Å². The predicted molar refractivity (Wildman–Crippen MR) is 88.6 cm³/mol. The van der Waals surface area contributed by atoms with Gasteiger partial charge in [-0.05, 0) is 37.5 Å². The van der Waals surface area contributed by atoms with Gasteiger partial charge in [0.1, 0.15) is 5.82 Å². The number of halogens is 1. The van der Waals surface area contributed by atoms with Crippen LogP contribution in [0.15, 0.2) is 24.3 Å². The molecule has 1 aromatic rings. The second kappa shape index (κ2) is 8.24. The molecule has 24 heavy (non-hydrogen) atoms. The normalized spacial score (nSPS) is 23.5. The fraction of sp³-hybridized carbons (Fsp3) is 0.556. The third kappa shape index (κ3) is 4.77. The molecule has 1 aliphatic rings. The molecule has 132 valence electrons. The van der Waals surface area contributed by atoms with Crippen LogP contribution in [0, 0.1) is 11.7 Å². The van der Waals surface area contributed by atoms with Gasteiger partial charge in [-0.2, -0.15) is 0 Å². The molecule has 2 atom stereocenters. The van der Waals surface area contributed by atoms with Gasteiger partial charge in [0.25, 0.3) is 0 Å². The van der Waals surface area contributed by atoms with E-state index >= 15 is 0 Å². The van der Waals surface area contributed by atoms with E-state index in [-0.39, 0.29) is 30.2 Å². The summed E-state index contributed by atoms with van der Waals surface area (Å²) in [6.45, 7) is 2.45. The summed E-state index contributed by atoms with van der Waals surface area (Å²) in [5.74, 6) is -0.918. The SMILES string of the molecule is COC(=O)[C@H]1CCCC[C@]1(C)NCC(=O)NCc1ccc(F)cc1. The number of amides is 1. The van der Waals surface area contributed by atoms with E-state index in [1.54, 1.807) is 12.1 Å². The number of ether oxygens (including phenoxy) is 1. The monoisotopic (exact) mass is 336 g/mol. The predicted octanol–water partition coefficient (Wildman–Crippen LogP) is 2.15. The molecule has 0 bridgehead atoms. The largest absolute Gasteiger partial charge is 0.469 e. The number of esters is 1. The van der Waals surface area contributed by atoms with Gasteiger partial charge in [-0.1, -0.05) is 25.0 Å². The highest BCUT2D eigenvalue weighted by Crippen LogP contribution is 2.34. The molecule has 0 saturated heterocycles. The lowest BCUT2D eigenvalue weighted by atomic mass is 9.74. The Hall–Kier alpha value is -1.95. The number of benzene rings is 1. The molecule has 1 aromatic carbocycles. The van der Waals surface area contributed by atoms with Gasteiger partial charge in [0.15, 0.2) is 0 Å². The average molecular weight is 336 g/mol. The number of carbonyl (C=O) groups excluding carboxylic acids is 2. The number of hydrogen-bond acceptors (Lipinski definition) is 4. The van der Waals surface area contributed by atoms with Gasteiger partial charge < -0.3 is 15.4 Å². The second-order valence-electron chi connectivity index (χ2n) is 6.50. The Morgan fingerprint density at radius 3 is 2.67 bits per heavy atom. The van der Waals surface area contributed by atoms with Crippen molar-refractivity contribution in [2.45, 2.75) is 44.7 Å². The average Bonchev–Trinajstić information content (AvgIpc) is 2.59. The molecule has 0 aromatic heterocycles. The number of nitrogens with one attached hydrogen (secondary N) is 2. The van der Waals surface area contributed by atoms with Crippen molar-refractivity contribution in [1.29, 1.82) is 0 Å². The number of methoxy groups -OCH3 is 1.